The third kappa shape index (κ3) is 4.02. The van der Waals surface area contributed by atoms with Gasteiger partial charge in [-0.25, -0.2) is 16.8 Å². The second-order valence-electron chi connectivity index (χ2n) is 6.60. The highest BCUT2D eigenvalue weighted by Crippen LogP contribution is 2.25. The molecular weight excluding hydrogens is 412 g/mol. The van der Waals surface area contributed by atoms with Crippen molar-refractivity contribution >= 4 is 20.0 Å². The van der Waals surface area contributed by atoms with Gasteiger partial charge in [0.15, 0.2) is 0 Å². The summed E-state index contributed by atoms with van der Waals surface area (Å²) in [5.74, 6) is 0. The van der Waals surface area contributed by atoms with Gasteiger partial charge in [-0.3, -0.25) is 0 Å². The first-order chi connectivity index (χ1) is 13.7. The topological polar surface area (TPSA) is 122 Å². The number of hydrogen-bond acceptors (Lipinski definition) is 6. The number of rotatable bonds is 4. The van der Waals surface area contributed by atoms with Crippen molar-refractivity contribution in [1.82, 2.24) is 8.61 Å². The molecule has 150 valence electrons. The molecule has 0 saturated carbocycles. The van der Waals surface area contributed by atoms with Crippen molar-refractivity contribution in [3.63, 3.8) is 0 Å². The zero-order valence-electron chi connectivity index (χ0n) is 15.6. The number of nitrogens with zero attached hydrogens (tertiary/aromatic N) is 4. The number of benzene rings is 2. The van der Waals surface area contributed by atoms with Crippen LogP contribution in [0, 0.1) is 22.7 Å². The van der Waals surface area contributed by atoms with E-state index in [1.165, 1.54) is 57.1 Å². The van der Waals surface area contributed by atoms with Crippen LogP contribution in [-0.2, 0) is 20.0 Å². The summed E-state index contributed by atoms with van der Waals surface area (Å²) in [6.07, 6.45) is 0. The quantitative estimate of drug-likeness (QED) is 0.725. The SMILES string of the molecule is C[C@@H]1CN(S(=O)(=O)c2ccc(C#N)cc2)CCN1S(=O)(=O)c1ccc(C#N)cc1. The van der Waals surface area contributed by atoms with Crippen molar-refractivity contribution in [2.75, 3.05) is 19.6 Å². The summed E-state index contributed by atoms with van der Waals surface area (Å²) in [4.78, 5) is 0.124. The van der Waals surface area contributed by atoms with Crippen molar-refractivity contribution in [3.05, 3.63) is 59.7 Å². The summed E-state index contributed by atoms with van der Waals surface area (Å²) in [5.41, 5.74) is 0.714. The molecule has 0 bridgehead atoms. The second-order valence-corrected chi connectivity index (χ2v) is 10.4. The first-order valence-corrected chi connectivity index (χ1v) is 11.6. The molecule has 0 radical (unpaired) electrons. The highest BCUT2D eigenvalue weighted by molar-refractivity contribution is 7.89. The van der Waals surface area contributed by atoms with E-state index >= 15 is 0 Å². The molecule has 1 heterocycles. The van der Waals surface area contributed by atoms with Crippen LogP contribution in [0.25, 0.3) is 0 Å². The van der Waals surface area contributed by atoms with Crippen molar-refractivity contribution in [3.8, 4) is 12.1 Å². The van der Waals surface area contributed by atoms with Crippen molar-refractivity contribution in [2.24, 2.45) is 0 Å². The summed E-state index contributed by atoms with van der Waals surface area (Å²) >= 11 is 0. The molecule has 1 aliphatic rings. The molecule has 0 amide bonds. The van der Waals surface area contributed by atoms with Crippen LogP contribution in [-0.4, -0.2) is 51.1 Å². The average molecular weight is 431 g/mol. The van der Waals surface area contributed by atoms with Crippen LogP contribution in [0.4, 0.5) is 0 Å². The highest BCUT2D eigenvalue weighted by atomic mass is 32.2. The standard InChI is InChI=1S/C19H18N4O4S2/c1-15-14-22(28(24,25)18-6-2-16(12-20)3-7-18)10-11-23(15)29(26,27)19-8-4-17(13-21)5-9-19/h2-9,15H,10-11,14H2,1H3/t15-/m1/s1. The third-order valence-electron chi connectivity index (χ3n) is 4.74. The van der Waals surface area contributed by atoms with E-state index in [2.05, 4.69) is 0 Å². The fourth-order valence-corrected chi connectivity index (χ4v) is 6.30. The van der Waals surface area contributed by atoms with Gasteiger partial charge in [0.1, 0.15) is 0 Å². The lowest BCUT2D eigenvalue weighted by atomic mass is 10.2. The maximum Gasteiger partial charge on any atom is 0.243 e. The van der Waals surface area contributed by atoms with E-state index in [4.69, 9.17) is 10.5 Å². The monoisotopic (exact) mass is 430 g/mol. The van der Waals surface area contributed by atoms with Crippen LogP contribution >= 0.6 is 0 Å². The van der Waals surface area contributed by atoms with Gasteiger partial charge >= 0.3 is 0 Å². The van der Waals surface area contributed by atoms with E-state index < -0.39 is 26.1 Å². The van der Waals surface area contributed by atoms with E-state index in [-0.39, 0.29) is 29.4 Å². The first kappa shape index (κ1) is 21.0. The average Bonchev–Trinajstić information content (AvgIpc) is 2.73. The summed E-state index contributed by atoms with van der Waals surface area (Å²) in [6.45, 7) is 1.70. The van der Waals surface area contributed by atoms with E-state index in [0.717, 1.165) is 0 Å². The van der Waals surface area contributed by atoms with Gasteiger partial charge in [0.25, 0.3) is 0 Å². The fourth-order valence-electron chi connectivity index (χ4n) is 3.17. The Morgan fingerprint density at radius 1 is 0.793 bits per heavy atom. The molecule has 10 heteroatoms. The van der Waals surface area contributed by atoms with Crippen LogP contribution < -0.4 is 0 Å². The largest absolute Gasteiger partial charge is 0.243 e. The van der Waals surface area contributed by atoms with E-state index in [0.29, 0.717) is 11.1 Å². The minimum atomic E-state index is -3.81. The van der Waals surface area contributed by atoms with Gasteiger partial charge in [0.2, 0.25) is 20.0 Å². The predicted octanol–water partition coefficient (Wildman–Crippen LogP) is 1.51. The zero-order chi connectivity index (χ0) is 21.2. The normalized spacial score (nSPS) is 18.7. The lowest BCUT2D eigenvalue weighted by Gasteiger charge is -2.38. The summed E-state index contributed by atoms with van der Waals surface area (Å²) in [7, 11) is -7.61. The van der Waals surface area contributed by atoms with Gasteiger partial charge in [0.05, 0.1) is 33.1 Å². The summed E-state index contributed by atoms with van der Waals surface area (Å²) in [6, 6.07) is 14.5. The minimum absolute atomic E-state index is 0.0117. The molecule has 29 heavy (non-hydrogen) atoms. The molecular formula is C19H18N4O4S2. The van der Waals surface area contributed by atoms with E-state index in [9.17, 15) is 16.8 Å². The maximum absolute atomic E-state index is 12.9. The Kier molecular flexibility index (Phi) is 5.73. The molecule has 1 saturated heterocycles. The molecule has 0 unspecified atom stereocenters. The molecule has 0 aromatic heterocycles. The molecule has 1 aliphatic heterocycles. The summed E-state index contributed by atoms with van der Waals surface area (Å²) in [5, 5.41) is 17.7. The number of sulfonamides is 2. The molecule has 0 N–H and O–H groups in total. The molecule has 3 rings (SSSR count). The molecule has 1 atom stereocenters. The van der Waals surface area contributed by atoms with E-state index in [1.54, 1.807) is 6.92 Å². The Hall–Kier alpha value is -2.76. The molecule has 1 fully saturated rings. The third-order valence-corrected chi connectivity index (χ3v) is 8.65. The summed E-state index contributed by atoms with van der Waals surface area (Å²) < 4.78 is 54.2. The van der Waals surface area contributed by atoms with Gasteiger partial charge in [-0.05, 0) is 55.5 Å². The Morgan fingerprint density at radius 2 is 1.24 bits per heavy atom. The second kappa shape index (κ2) is 7.93. The molecule has 8 nitrogen and oxygen atoms in total. The minimum Gasteiger partial charge on any atom is -0.207 e. The number of nitriles is 2. The molecule has 0 spiro atoms. The van der Waals surface area contributed by atoms with Crippen LogP contribution in [0.5, 0.6) is 0 Å². The van der Waals surface area contributed by atoms with E-state index in [1.807, 2.05) is 12.1 Å². The zero-order valence-corrected chi connectivity index (χ0v) is 17.2. The van der Waals surface area contributed by atoms with Crippen LogP contribution in [0.1, 0.15) is 18.1 Å². The van der Waals surface area contributed by atoms with Gasteiger partial charge in [-0.1, -0.05) is 0 Å². The Balaban J connectivity index is 1.80. The van der Waals surface area contributed by atoms with Gasteiger partial charge in [-0.2, -0.15) is 19.1 Å². The lowest BCUT2D eigenvalue weighted by Crippen LogP contribution is -2.55. The Bertz CT molecular complexity index is 1190. The predicted molar refractivity (Wildman–Crippen MR) is 104 cm³/mol. The van der Waals surface area contributed by atoms with Gasteiger partial charge < -0.3 is 0 Å². The first-order valence-electron chi connectivity index (χ1n) is 8.72. The van der Waals surface area contributed by atoms with Crippen molar-refractivity contribution < 1.29 is 16.8 Å². The number of hydrogen-bond donors (Lipinski definition) is 0. The molecule has 0 aliphatic carbocycles. The van der Waals surface area contributed by atoms with Gasteiger partial charge in [-0.15, -0.1) is 0 Å². The van der Waals surface area contributed by atoms with Crippen LogP contribution in [0.2, 0.25) is 0 Å². The van der Waals surface area contributed by atoms with Crippen LogP contribution in [0.3, 0.4) is 0 Å². The van der Waals surface area contributed by atoms with Gasteiger partial charge in [0, 0.05) is 25.7 Å². The molecule has 2 aromatic rings. The Morgan fingerprint density at radius 3 is 1.66 bits per heavy atom. The van der Waals surface area contributed by atoms with Crippen molar-refractivity contribution in [2.45, 2.75) is 22.8 Å². The highest BCUT2D eigenvalue weighted by Gasteiger charge is 2.38. The smallest absolute Gasteiger partial charge is 0.207 e. The van der Waals surface area contributed by atoms with Crippen molar-refractivity contribution in [1.29, 1.82) is 10.5 Å². The lowest BCUT2D eigenvalue weighted by molar-refractivity contribution is 0.212. The van der Waals surface area contributed by atoms with Crippen LogP contribution in [0.15, 0.2) is 58.3 Å². The number of piperazine rings is 1. The maximum atomic E-state index is 12.9. The Labute approximate surface area is 170 Å². The molecule has 2 aromatic carbocycles. The fraction of sp³-hybridized carbons (Fsp3) is 0.263.